The van der Waals surface area contributed by atoms with E-state index in [-0.39, 0.29) is 10.8 Å². The van der Waals surface area contributed by atoms with Crippen LogP contribution in [0.4, 0.5) is 34.4 Å². The van der Waals surface area contributed by atoms with Gasteiger partial charge in [0.1, 0.15) is 22.8 Å². The number of nitrogens with zero attached hydrogens (tertiary/aromatic N) is 4. The highest BCUT2D eigenvalue weighted by Crippen LogP contribution is 2.64. The molecule has 90 heavy (non-hydrogen) atoms. The summed E-state index contributed by atoms with van der Waals surface area (Å²) in [4.78, 5) is 15.8. The monoisotopic (exact) mass is 1160 g/mol. The van der Waals surface area contributed by atoms with Gasteiger partial charge in [0, 0.05) is 51.5 Å². The lowest BCUT2D eigenvalue weighted by Crippen LogP contribution is -2.29. The normalized spacial score (nSPS) is 12.9. The molecule has 0 spiro atoms. The molecule has 3 heterocycles. The number of pyridine rings is 2. The first-order valence-electron chi connectivity index (χ1n) is 31.5. The molecule has 1 aliphatic carbocycles. The highest BCUT2D eigenvalue weighted by atomic mass is 16.3. The van der Waals surface area contributed by atoms with E-state index in [1.807, 2.05) is 12.4 Å². The molecular weight excluding hydrogens is 1090 g/mol. The molecule has 0 amide bonds. The van der Waals surface area contributed by atoms with Gasteiger partial charge in [0.25, 0.3) is 0 Å². The first-order chi connectivity index (χ1) is 43.6. The predicted octanol–water partition coefficient (Wildman–Crippen LogP) is 23.1. The number of para-hydroxylation sites is 1. The average Bonchev–Trinajstić information content (AvgIpc) is 1.49. The molecule has 0 unspecified atom stereocenters. The number of aryl methyl sites for hydroxylation is 4. The van der Waals surface area contributed by atoms with Crippen molar-refractivity contribution in [2.75, 3.05) is 9.80 Å². The first-order valence-corrected chi connectivity index (χ1v) is 31.5. The number of hydrogen-bond donors (Lipinski definition) is 0. The molecule has 0 atom stereocenters. The van der Waals surface area contributed by atoms with Gasteiger partial charge in [-0.3, -0.25) is 9.80 Å². The SMILES string of the molecule is Cc1cnc(N(c2ccc(C(C)(C)C)cc2)c2ccc3c4c(c5ccccc5c3c2)-c2c(cc(N(c3ccc(C(C)(C)C)cc3)c3ncc(C)cc3-c3ccccc3C)c3c2oc2ccccc23)C4(c2ccccc2)c2ccccc2)c(-c2ccccc2C)c1. The summed E-state index contributed by atoms with van der Waals surface area (Å²) in [6, 6.07) is 90.1. The van der Waals surface area contributed by atoms with Crippen molar-refractivity contribution in [2.24, 2.45) is 0 Å². The minimum Gasteiger partial charge on any atom is -0.455 e. The van der Waals surface area contributed by atoms with Gasteiger partial charge in [-0.2, -0.15) is 0 Å². The zero-order chi connectivity index (χ0) is 61.8. The van der Waals surface area contributed by atoms with Crippen molar-refractivity contribution >= 4 is 77.9 Å². The Morgan fingerprint density at radius 1 is 0.378 bits per heavy atom. The summed E-state index contributed by atoms with van der Waals surface area (Å²) in [7, 11) is 0. The van der Waals surface area contributed by atoms with Gasteiger partial charge in [0.05, 0.1) is 16.5 Å². The highest BCUT2D eigenvalue weighted by Gasteiger charge is 2.50. The lowest BCUT2D eigenvalue weighted by molar-refractivity contribution is 0.590. The standard InChI is InChI=1S/C85H72N4O/c1-53-47-71(64-31-19-17-25-55(64)3)81(86-51-53)88(61-41-37-57(38-42-61)83(5,6)7)63-45-46-68-70(49-63)66-33-21-22-34-67(66)77-78-73(85(79(68)77,59-27-13-11-14-28-59)60-29-15-12-16-30-60)50-74(76-69-35-23-24-36-75(69)90-80(76)78)89(62-43-39-58(40-44-62)84(8,9)10)82-72(48-54(2)52-87-82)65-32-20-18-26-56(65)4/h11-52H,1-10H3. The van der Waals surface area contributed by atoms with Crippen molar-refractivity contribution in [3.63, 3.8) is 0 Å². The van der Waals surface area contributed by atoms with Crippen LogP contribution in [0.25, 0.3) is 76.9 Å². The van der Waals surface area contributed by atoms with Gasteiger partial charge in [0.15, 0.2) is 0 Å². The van der Waals surface area contributed by atoms with Gasteiger partial charge in [-0.05, 0) is 193 Å². The van der Waals surface area contributed by atoms with E-state index < -0.39 is 5.41 Å². The van der Waals surface area contributed by atoms with Gasteiger partial charge >= 0.3 is 0 Å². The molecular formula is C85H72N4O. The maximum Gasteiger partial charge on any atom is 0.145 e. The van der Waals surface area contributed by atoms with Crippen LogP contribution in [-0.2, 0) is 16.2 Å². The number of hydrogen-bond acceptors (Lipinski definition) is 5. The van der Waals surface area contributed by atoms with E-state index in [1.54, 1.807) is 0 Å². The van der Waals surface area contributed by atoms with E-state index in [4.69, 9.17) is 14.4 Å². The maximum atomic E-state index is 7.64. The number of fused-ring (bicyclic) bond motifs is 12. The van der Waals surface area contributed by atoms with E-state index >= 15 is 0 Å². The topological polar surface area (TPSA) is 45.4 Å². The summed E-state index contributed by atoms with van der Waals surface area (Å²) < 4.78 is 7.64. The van der Waals surface area contributed by atoms with Gasteiger partial charge in [-0.15, -0.1) is 0 Å². The minimum atomic E-state index is -0.904. The van der Waals surface area contributed by atoms with Crippen LogP contribution in [0.5, 0.6) is 0 Å². The van der Waals surface area contributed by atoms with Crippen molar-refractivity contribution in [3.8, 4) is 33.4 Å². The van der Waals surface area contributed by atoms with E-state index in [2.05, 4.69) is 322 Å². The number of aromatic nitrogens is 2. The smallest absolute Gasteiger partial charge is 0.145 e. The van der Waals surface area contributed by atoms with Crippen LogP contribution in [0.1, 0.15) is 97.2 Å². The summed E-state index contributed by atoms with van der Waals surface area (Å²) >= 11 is 0. The summed E-state index contributed by atoms with van der Waals surface area (Å²) in [5, 5.41) is 6.64. The van der Waals surface area contributed by atoms with Gasteiger partial charge in [-0.25, -0.2) is 9.97 Å². The molecule has 5 nitrogen and oxygen atoms in total. The van der Waals surface area contributed by atoms with Gasteiger partial charge in [-0.1, -0.05) is 224 Å². The lowest BCUT2D eigenvalue weighted by atomic mass is 9.66. The Balaban J connectivity index is 1.09. The Labute approximate surface area is 528 Å². The molecule has 0 aliphatic heterocycles. The Kier molecular flexibility index (Phi) is 13.4. The second-order valence-corrected chi connectivity index (χ2v) is 26.8. The highest BCUT2D eigenvalue weighted by molar-refractivity contribution is 6.26. The van der Waals surface area contributed by atoms with Crippen molar-refractivity contribution < 1.29 is 4.42 Å². The number of rotatable bonds is 10. The number of benzene rings is 11. The second kappa shape index (κ2) is 21.5. The number of furan rings is 1. The van der Waals surface area contributed by atoms with E-state index in [0.717, 1.165) is 139 Å². The van der Waals surface area contributed by atoms with Crippen molar-refractivity contribution in [1.29, 1.82) is 0 Å². The van der Waals surface area contributed by atoms with E-state index in [0.29, 0.717) is 0 Å². The summed E-state index contributed by atoms with van der Waals surface area (Å²) in [5.74, 6) is 1.70. The molecule has 14 aromatic rings. The fourth-order valence-electron chi connectivity index (χ4n) is 14.5. The second-order valence-electron chi connectivity index (χ2n) is 26.8. The van der Waals surface area contributed by atoms with Crippen LogP contribution in [0.15, 0.2) is 259 Å². The molecule has 5 heteroatoms. The molecule has 15 rings (SSSR count). The van der Waals surface area contributed by atoms with E-state index in [1.165, 1.54) is 27.8 Å². The predicted molar refractivity (Wildman–Crippen MR) is 378 cm³/mol. The molecule has 438 valence electrons. The summed E-state index contributed by atoms with van der Waals surface area (Å²) in [6.07, 6.45) is 4.03. The maximum absolute atomic E-state index is 7.64. The van der Waals surface area contributed by atoms with Crippen LogP contribution in [0.3, 0.4) is 0 Å². The molecule has 0 fully saturated rings. The summed E-state index contributed by atoms with van der Waals surface area (Å²) in [5.41, 5.74) is 23.0. The molecule has 3 aromatic heterocycles. The molecule has 0 saturated carbocycles. The molecule has 1 aliphatic rings. The van der Waals surface area contributed by atoms with Crippen molar-refractivity contribution in [2.45, 2.75) is 85.5 Å². The molecule has 0 N–H and O–H groups in total. The fraction of sp³-hybridized carbons (Fsp3) is 0.153. The van der Waals surface area contributed by atoms with Crippen LogP contribution in [-0.4, -0.2) is 9.97 Å². The molecule has 0 radical (unpaired) electrons. The van der Waals surface area contributed by atoms with E-state index in [9.17, 15) is 0 Å². The lowest BCUT2D eigenvalue weighted by Gasteiger charge is -2.36. The fourth-order valence-corrected chi connectivity index (χ4v) is 14.5. The summed E-state index contributed by atoms with van der Waals surface area (Å²) in [6.45, 7) is 22.4. The average molecular weight is 1170 g/mol. The quantitative estimate of drug-likeness (QED) is 0.128. The largest absolute Gasteiger partial charge is 0.455 e. The van der Waals surface area contributed by atoms with Crippen LogP contribution in [0.2, 0.25) is 0 Å². The molecule has 0 saturated heterocycles. The van der Waals surface area contributed by atoms with Crippen LogP contribution < -0.4 is 9.80 Å². The third kappa shape index (κ3) is 9.04. The minimum absolute atomic E-state index is 0.0336. The van der Waals surface area contributed by atoms with Crippen molar-refractivity contribution in [1.82, 2.24) is 9.97 Å². The Morgan fingerprint density at radius 3 is 1.39 bits per heavy atom. The van der Waals surface area contributed by atoms with Crippen molar-refractivity contribution in [3.05, 3.63) is 311 Å². The zero-order valence-corrected chi connectivity index (χ0v) is 52.9. The zero-order valence-electron chi connectivity index (χ0n) is 52.9. The Hall–Kier alpha value is -10.4. The van der Waals surface area contributed by atoms with Gasteiger partial charge in [0.2, 0.25) is 0 Å². The molecule has 11 aromatic carbocycles. The first kappa shape index (κ1) is 56.2. The van der Waals surface area contributed by atoms with Gasteiger partial charge < -0.3 is 4.42 Å². The van der Waals surface area contributed by atoms with Crippen LogP contribution >= 0.6 is 0 Å². The third-order valence-electron chi connectivity index (χ3n) is 18.9. The Bertz CT molecular complexity index is 5080. The molecule has 0 bridgehead atoms. The van der Waals surface area contributed by atoms with Crippen LogP contribution in [0, 0.1) is 27.7 Å². The number of anilines is 6. The Morgan fingerprint density at radius 2 is 0.844 bits per heavy atom. The third-order valence-corrected chi connectivity index (χ3v) is 18.9.